The molecule has 0 aliphatic heterocycles. The summed E-state index contributed by atoms with van der Waals surface area (Å²) in [5.74, 6) is -0.748. The lowest BCUT2D eigenvalue weighted by molar-refractivity contribution is 0.371. The Balaban J connectivity index is 4.81. The first-order chi connectivity index (χ1) is 12.2. The van der Waals surface area contributed by atoms with Gasteiger partial charge < -0.3 is 14.7 Å². The van der Waals surface area contributed by atoms with Gasteiger partial charge >= 0.3 is 0 Å². The zero-order valence-corrected chi connectivity index (χ0v) is 19.2. The molecule has 0 spiro atoms. The second kappa shape index (κ2) is 12.6. The van der Waals surface area contributed by atoms with Crippen molar-refractivity contribution in [3.8, 4) is 0 Å². The van der Waals surface area contributed by atoms with Gasteiger partial charge in [-0.3, -0.25) is 9.11 Å². The van der Waals surface area contributed by atoms with Crippen molar-refractivity contribution in [2.24, 2.45) is 0 Å². The van der Waals surface area contributed by atoms with E-state index >= 15 is 0 Å². The maximum atomic E-state index is 10.9. The standard InChI is InChI=1S/C12H30N3O8PS3/c1-13(4-7-25(16)17)10-24(11-14(2)5-8-26(18,19)20)12-15(3)6-9-27(21,22)23/h25H,4-12H2,1-3H3,(H,18,19,20)(H,21,22,23). The summed E-state index contributed by atoms with van der Waals surface area (Å²) in [4.78, 5) is 5.39. The lowest BCUT2D eigenvalue weighted by Gasteiger charge is -2.31. The number of hydrogen-bond donors (Lipinski definition) is 3. The molecule has 0 bridgehead atoms. The first kappa shape index (κ1) is 27.1. The summed E-state index contributed by atoms with van der Waals surface area (Å²) in [6.45, 7) is 0.645. The molecule has 0 rings (SSSR count). The first-order valence-electron chi connectivity index (χ1n) is 7.98. The van der Waals surface area contributed by atoms with Crippen LogP contribution >= 0.6 is 7.92 Å². The molecule has 27 heavy (non-hydrogen) atoms. The van der Waals surface area contributed by atoms with E-state index in [9.17, 15) is 25.3 Å². The number of rotatable bonds is 15. The van der Waals surface area contributed by atoms with Crippen molar-refractivity contribution in [1.29, 1.82) is 0 Å². The molecule has 15 heteroatoms. The zero-order valence-electron chi connectivity index (χ0n) is 15.8. The van der Waals surface area contributed by atoms with E-state index in [1.165, 1.54) is 0 Å². The third-order valence-corrected chi connectivity index (χ3v) is 8.06. The molecule has 164 valence electrons. The van der Waals surface area contributed by atoms with Crippen LogP contribution < -0.4 is 0 Å². The Hall–Kier alpha value is 0.0800. The van der Waals surface area contributed by atoms with Crippen molar-refractivity contribution in [3.63, 3.8) is 0 Å². The topological polar surface area (TPSA) is 153 Å². The van der Waals surface area contributed by atoms with E-state index in [2.05, 4.69) is 0 Å². The van der Waals surface area contributed by atoms with Crippen molar-refractivity contribution in [3.05, 3.63) is 0 Å². The van der Waals surface area contributed by atoms with E-state index in [1.807, 2.05) is 4.90 Å². The second-order valence-electron chi connectivity index (χ2n) is 6.46. The molecule has 0 aliphatic carbocycles. The average Bonchev–Trinajstić information content (AvgIpc) is 2.47. The fraction of sp³-hybridized carbons (Fsp3) is 1.00. The second-order valence-corrected chi connectivity index (χ2v) is 12.9. The fourth-order valence-corrected chi connectivity index (χ4v) is 6.50. The highest BCUT2D eigenvalue weighted by Gasteiger charge is 2.18. The van der Waals surface area contributed by atoms with Crippen LogP contribution in [0.25, 0.3) is 0 Å². The molecule has 0 amide bonds. The SMILES string of the molecule is CN(CC[SH](=O)=O)CP(CN(C)CCS(=O)(=O)O)CN(C)CCS(=O)(=O)O. The number of nitrogens with zero attached hydrogens (tertiary/aromatic N) is 3. The lowest BCUT2D eigenvalue weighted by Crippen LogP contribution is -2.33. The van der Waals surface area contributed by atoms with E-state index in [4.69, 9.17) is 9.11 Å². The van der Waals surface area contributed by atoms with Crippen LogP contribution in [0.1, 0.15) is 0 Å². The molecular weight excluding hydrogens is 441 g/mol. The van der Waals surface area contributed by atoms with Crippen molar-refractivity contribution < 1.29 is 34.4 Å². The molecule has 0 aromatic carbocycles. The van der Waals surface area contributed by atoms with Crippen LogP contribution in [0.5, 0.6) is 0 Å². The van der Waals surface area contributed by atoms with Crippen LogP contribution in [0.2, 0.25) is 0 Å². The Morgan fingerprint density at radius 2 is 1.07 bits per heavy atom. The number of hydrogen-bond acceptors (Lipinski definition) is 9. The van der Waals surface area contributed by atoms with Crippen molar-refractivity contribution in [1.82, 2.24) is 14.7 Å². The minimum atomic E-state index is -4.06. The summed E-state index contributed by atoms with van der Waals surface area (Å²) in [6.07, 6.45) is 1.62. The van der Waals surface area contributed by atoms with Crippen LogP contribution in [0, 0.1) is 0 Å². The molecule has 0 atom stereocenters. The maximum absolute atomic E-state index is 10.9. The van der Waals surface area contributed by atoms with Crippen molar-refractivity contribution >= 4 is 38.9 Å². The molecule has 0 aromatic heterocycles. The minimum Gasteiger partial charge on any atom is -0.301 e. The van der Waals surface area contributed by atoms with E-state index in [0.29, 0.717) is 25.4 Å². The Bertz CT molecular complexity index is 661. The molecule has 0 aliphatic rings. The molecule has 0 fully saturated rings. The first-order valence-corrected chi connectivity index (χ1v) is 14.5. The van der Waals surface area contributed by atoms with Gasteiger partial charge in [-0.2, -0.15) is 16.8 Å². The van der Waals surface area contributed by atoms with Gasteiger partial charge in [0.15, 0.2) is 0 Å². The maximum Gasteiger partial charge on any atom is 0.266 e. The Kier molecular flexibility index (Phi) is 12.6. The van der Waals surface area contributed by atoms with Gasteiger partial charge in [-0.1, -0.05) is 7.92 Å². The molecule has 0 heterocycles. The predicted molar refractivity (Wildman–Crippen MR) is 107 cm³/mol. The van der Waals surface area contributed by atoms with Crippen LogP contribution in [0.3, 0.4) is 0 Å². The molecule has 0 unspecified atom stereocenters. The van der Waals surface area contributed by atoms with E-state index in [1.54, 1.807) is 30.9 Å². The third kappa shape index (κ3) is 17.9. The van der Waals surface area contributed by atoms with Gasteiger partial charge in [0.2, 0.25) is 0 Å². The smallest absolute Gasteiger partial charge is 0.266 e. The molecule has 0 saturated heterocycles. The largest absolute Gasteiger partial charge is 0.301 e. The van der Waals surface area contributed by atoms with Crippen LogP contribution in [-0.2, 0) is 30.9 Å². The Morgan fingerprint density at radius 3 is 1.37 bits per heavy atom. The highest BCUT2D eigenvalue weighted by atomic mass is 32.2. The van der Waals surface area contributed by atoms with Gasteiger partial charge in [-0.05, 0) is 21.1 Å². The number of thiol groups is 1. The van der Waals surface area contributed by atoms with Gasteiger partial charge in [-0.25, -0.2) is 8.42 Å². The molecule has 0 aromatic rings. The normalized spacial score (nSPS) is 13.6. The highest BCUT2D eigenvalue weighted by Crippen LogP contribution is 2.36. The highest BCUT2D eigenvalue weighted by molar-refractivity contribution is 7.86. The summed E-state index contributed by atoms with van der Waals surface area (Å²) in [5, 5.41) is 0. The average molecular weight is 472 g/mol. The van der Waals surface area contributed by atoms with Gasteiger partial charge in [0.25, 0.3) is 20.2 Å². The van der Waals surface area contributed by atoms with Gasteiger partial charge in [0.05, 0.1) is 17.3 Å². The van der Waals surface area contributed by atoms with E-state index in [0.717, 1.165) is 0 Å². The van der Waals surface area contributed by atoms with Crippen LogP contribution in [0.4, 0.5) is 0 Å². The van der Waals surface area contributed by atoms with E-state index < -0.39 is 50.4 Å². The molecule has 0 radical (unpaired) electrons. The van der Waals surface area contributed by atoms with Crippen molar-refractivity contribution in [2.45, 2.75) is 0 Å². The quantitative estimate of drug-likeness (QED) is 0.146. The fourth-order valence-electron chi connectivity index (χ4n) is 2.17. The van der Waals surface area contributed by atoms with Gasteiger partial charge in [0.1, 0.15) is 10.7 Å². The van der Waals surface area contributed by atoms with Crippen LogP contribution in [-0.4, -0.2) is 126 Å². The monoisotopic (exact) mass is 471 g/mol. The summed E-state index contributed by atoms with van der Waals surface area (Å²) in [6, 6.07) is 0. The zero-order chi connectivity index (χ0) is 21.3. The Morgan fingerprint density at radius 1 is 0.741 bits per heavy atom. The molecule has 0 saturated carbocycles. The van der Waals surface area contributed by atoms with Crippen LogP contribution in [0.15, 0.2) is 0 Å². The third-order valence-electron chi connectivity index (χ3n) is 3.45. The van der Waals surface area contributed by atoms with Gasteiger partial charge in [0, 0.05) is 38.5 Å². The van der Waals surface area contributed by atoms with Gasteiger partial charge in [-0.15, -0.1) is 0 Å². The molecule has 2 N–H and O–H groups in total. The molecular formula is C12H30N3O8PS3. The Labute approximate surface area is 164 Å². The minimum absolute atomic E-state index is 0.0339. The van der Waals surface area contributed by atoms with Crippen molar-refractivity contribution in [2.75, 3.05) is 76.9 Å². The lowest BCUT2D eigenvalue weighted by atomic mass is 10.7. The van der Waals surface area contributed by atoms with E-state index in [-0.39, 0.29) is 18.8 Å². The summed E-state index contributed by atoms with van der Waals surface area (Å²) >= 11 is 0. The summed E-state index contributed by atoms with van der Waals surface area (Å²) < 4.78 is 82.7. The predicted octanol–water partition coefficient (Wildman–Crippen LogP) is -1.48. The summed E-state index contributed by atoms with van der Waals surface area (Å²) in [7, 11) is -6.16. The molecule has 11 nitrogen and oxygen atoms in total. The summed E-state index contributed by atoms with van der Waals surface area (Å²) in [5.41, 5.74) is 0.